The summed E-state index contributed by atoms with van der Waals surface area (Å²) in [6, 6.07) is 1.47. The molecule has 2 rings (SSSR count). The highest BCUT2D eigenvalue weighted by molar-refractivity contribution is 5.31. The predicted octanol–water partition coefficient (Wildman–Crippen LogP) is -0.00860. The van der Waals surface area contributed by atoms with Crippen molar-refractivity contribution in [2.45, 2.75) is 13.3 Å². The maximum atomic E-state index is 11.3. The van der Waals surface area contributed by atoms with Crippen LogP contribution in [-0.4, -0.2) is 41.3 Å². The van der Waals surface area contributed by atoms with E-state index in [4.69, 9.17) is 4.74 Å². The number of rotatable bonds is 3. The van der Waals surface area contributed by atoms with Crippen molar-refractivity contribution in [3.8, 4) is 0 Å². The van der Waals surface area contributed by atoms with Gasteiger partial charge in [0, 0.05) is 25.6 Å². The largest absolute Gasteiger partial charge is 0.379 e. The molecule has 1 aliphatic heterocycles. The number of nitrogens with one attached hydrogen (secondary N) is 2. The van der Waals surface area contributed by atoms with Crippen molar-refractivity contribution in [2.24, 2.45) is 0 Å². The summed E-state index contributed by atoms with van der Waals surface area (Å²) >= 11 is 0. The molecule has 0 unspecified atom stereocenters. The fourth-order valence-electron chi connectivity index (χ4n) is 1.57. The minimum Gasteiger partial charge on any atom is -0.379 e. The van der Waals surface area contributed by atoms with Gasteiger partial charge < -0.3 is 15.1 Å². The van der Waals surface area contributed by atoms with Gasteiger partial charge in [0.2, 0.25) is 0 Å². The summed E-state index contributed by atoms with van der Waals surface area (Å²) < 4.78 is 5.24. The lowest BCUT2D eigenvalue weighted by Crippen LogP contribution is -2.40. The Balaban J connectivity index is 2.07. The number of nitrogens with zero attached hydrogens (tertiary/aromatic N) is 2. The van der Waals surface area contributed by atoms with Gasteiger partial charge in [0.1, 0.15) is 11.6 Å². The zero-order chi connectivity index (χ0) is 11.4. The van der Waals surface area contributed by atoms with Gasteiger partial charge in [0.05, 0.1) is 13.2 Å². The maximum Gasteiger partial charge on any atom is 0.253 e. The lowest BCUT2D eigenvalue weighted by molar-refractivity contribution is 0.0494. The third-order valence-electron chi connectivity index (χ3n) is 2.41. The number of hydrogen-bond donors (Lipinski definition) is 2. The van der Waals surface area contributed by atoms with E-state index in [9.17, 15) is 4.79 Å². The molecule has 6 nitrogen and oxygen atoms in total. The smallest absolute Gasteiger partial charge is 0.253 e. The summed E-state index contributed by atoms with van der Waals surface area (Å²) in [5, 5.41) is 2.00. The van der Waals surface area contributed by atoms with Crippen LogP contribution < -0.4 is 11.0 Å². The third kappa shape index (κ3) is 2.80. The molecule has 2 N–H and O–H groups in total. The van der Waals surface area contributed by atoms with E-state index in [1.54, 1.807) is 0 Å². The molecule has 1 fully saturated rings. The monoisotopic (exact) mass is 224 g/mol. The number of anilines is 1. The van der Waals surface area contributed by atoms with Crippen LogP contribution in [0.25, 0.3) is 0 Å². The second-order valence-electron chi connectivity index (χ2n) is 3.64. The van der Waals surface area contributed by atoms with Gasteiger partial charge in [-0.15, -0.1) is 0 Å². The molecule has 0 radical (unpaired) electrons. The number of ether oxygens (including phenoxy) is 1. The van der Waals surface area contributed by atoms with Gasteiger partial charge in [-0.05, 0) is 0 Å². The van der Waals surface area contributed by atoms with Crippen molar-refractivity contribution < 1.29 is 4.74 Å². The first kappa shape index (κ1) is 11.1. The first-order chi connectivity index (χ1) is 7.78. The molecule has 16 heavy (non-hydrogen) atoms. The average molecular weight is 224 g/mol. The molecule has 0 saturated carbocycles. The molecule has 6 heteroatoms. The maximum absolute atomic E-state index is 11.3. The van der Waals surface area contributed by atoms with Crippen molar-refractivity contribution in [3.05, 3.63) is 22.2 Å². The SMILES string of the molecule is CCc1nc(NN2CCOCC2)cc(=O)[nH]1. The number of hydrazine groups is 1. The Bertz CT molecular complexity index is 398. The van der Waals surface area contributed by atoms with E-state index < -0.39 is 0 Å². The first-order valence-electron chi connectivity index (χ1n) is 5.47. The molecule has 0 amide bonds. The molecule has 1 aromatic rings. The minimum absolute atomic E-state index is 0.123. The molecule has 1 aliphatic rings. The Morgan fingerprint density at radius 2 is 2.31 bits per heavy atom. The number of H-pyrrole nitrogens is 1. The van der Waals surface area contributed by atoms with Gasteiger partial charge in [-0.3, -0.25) is 4.79 Å². The highest BCUT2D eigenvalue weighted by atomic mass is 16.5. The van der Waals surface area contributed by atoms with Gasteiger partial charge in [0.25, 0.3) is 5.56 Å². The highest BCUT2D eigenvalue weighted by Gasteiger charge is 2.10. The standard InChI is InChI=1S/C10H16N4O2/c1-2-8-11-9(7-10(15)12-8)13-14-3-5-16-6-4-14/h7H,2-6H2,1H3,(H2,11,12,13,15). The predicted molar refractivity (Wildman–Crippen MR) is 60.3 cm³/mol. The van der Waals surface area contributed by atoms with E-state index in [0.29, 0.717) is 31.3 Å². The summed E-state index contributed by atoms with van der Waals surface area (Å²) in [6.07, 6.45) is 0.716. The van der Waals surface area contributed by atoms with Crippen LogP contribution in [0, 0.1) is 0 Å². The van der Waals surface area contributed by atoms with E-state index in [-0.39, 0.29) is 5.56 Å². The van der Waals surface area contributed by atoms with Gasteiger partial charge in [-0.25, -0.2) is 9.99 Å². The second kappa shape index (κ2) is 5.09. The molecule has 2 heterocycles. The zero-order valence-corrected chi connectivity index (χ0v) is 9.32. The fraction of sp³-hybridized carbons (Fsp3) is 0.600. The molecule has 1 saturated heterocycles. The van der Waals surface area contributed by atoms with E-state index in [2.05, 4.69) is 15.4 Å². The summed E-state index contributed by atoms with van der Waals surface area (Å²) in [5.41, 5.74) is 3.00. The Hall–Kier alpha value is -1.40. The van der Waals surface area contributed by atoms with Crippen molar-refractivity contribution in [2.75, 3.05) is 31.7 Å². The number of morpholine rings is 1. The van der Waals surface area contributed by atoms with Crippen LogP contribution in [0.2, 0.25) is 0 Å². The Morgan fingerprint density at radius 3 is 3.00 bits per heavy atom. The van der Waals surface area contributed by atoms with Crippen molar-refractivity contribution in [1.29, 1.82) is 0 Å². The Morgan fingerprint density at radius 1 is 1.56 bits per heavy atom. The van der Waals surface area contributed by atoms with Crippen molar-refractivity contribution in [3.63, 3.8) is 0 Å². The van der Waals surface area contributed by atoms with Crippen LogP contribution in [0.1, 0.15) is 12.7 Å². The van der Waals surface area contributed by atoms with E-state index in [0.717, 1.165) is 13.1 Å². The summed E-state index contributed by atoms with van der Waals surface area (Å²) in [6.45, 7) is 4.97. The Kier molecular flexibility index (Phi) is 3.53. The third-order valence-corrected chi connectivity index (χ3v) is 2.41. The number of aromatic nitrogens is 2. The lowest BCUT2D eigenvalue weighted by atomic mass is 10.4. The normalized spacial score (nSPS) is 17.3. The molecule has 0 aromatic carbocycles. The summed E-state index contributed by atoms with van der Waals surface area (Å²) in [5.74, 6) is 1.30. The van der Waals surface area contributed by atoms with Crippen LogP contribution in [0.15, 0.2) is 10.9 Å². The molecule has 0 bridgehead atoms. The second-order valence-corrected chi connectivity index (χ2v) is 3.64. The topological polar surface area (TPSA) is 70.2 Å². The fourth-order valence-corrected chi connectivity index (χ4v) is 1.57. The van der Waals surface area contributed by atoms with Crippen LogP contribution in [0.3, 0.4) is 0 Å². The molecule has 1 aromatic heterocycles. The summed E-state index contributed by atoms with van der Waals surface area (Å²) in [4.78, 5) is 18.3. The van der Waals surface area contributed by atoms with Crippen LogP contribution in [-0.2, 0) is 11.2 Å². The van der Waals surface area contributed by atoms with Gasteiger partial charge in [0.15, 0.2) is 0 Å². The quantitative estimate of drug-likeness (QED) is 0.755. The highest BCUT2D eigenvalue weighted by Crippen LogP contribution is 2.03. The van der Waals surface area contributed by atoms with Crippen LogP contribution >= 0.6 is 0 Å². The Labute approximate surface area is 93.6 Å². The van der Waals surface area contributed by atoms with E-state index >= 15 is 0 Å². The molecule has 88 valence electrons. The average Bonchev–Trinajstić information content (AvgIpc) is 2.29. The molecular weight excluding hydrogens is 208 g/mol. The minimum atomic E-state index is -0.123. The number of hydrogen-bond acceptors (Lipinski definition) is 5. The van der Waals surface area contributed by atoms with Crippen LogP contribution in [0.5, 0.6) is 0 Å². The number of aryl methyl sites for hydroxylation is 1. The number of aromatic amines is 1. The van der Waals surface area contributed by atoms with Crippen molar-refractivity contribution in [1.82, 2.24) is 15.0 Å². The molecular formula is C10H16N4O2. The molecule has 0 spiro atoms. The lowest BCUT2D eigenvalue weighted by Gasteiger charge is -2.27. The van der Waals surface area contributed by atoms with Crippen molar-refractivity contribution >= 4 is 5.82 Å². The molecule has 0 aliphatic carbocycles. The van der Waals surface area contributed by atoms with E-state index in [1.165, 1.54) is 6.07 Å². The summed E-state index contributed by atoms with van der Waals surface area (Å²) in [7, 11) is 0. The van der Waals surface area contributed by atoms with Crippen LogP contribution in [0.4, 0.5) is 5.82 Å². The first-order valence-corrected chi connectivity index (χ1v) is 5.47. The van der Waals surface area contributed by atoms with Gasteiger partial charge in [-0.1, -0.05) is 6.92 Å². The van der Waals surface area contributed by atoms with E-state index in [1.807, 2.05) is 11.9 Å². The van der Waals surface area contributed by atoms with Gasteiger partial charge >= 0.3 is 0 Å². The zero-order valence-electron chi connectivity index (χ0n) is 9.32. The molecule has 0 atom stereocenters. The van der Waals surface area contributed by atoms with Gasteiger partial charge in [-0.2, -0.15) is 0 Å².